The molecule has 1 N–H and O–H groups in total. The molecule has 49 heavy (non-hydrogen) atoms. The number of anilines is 2. The lowest BCUT2D eigenvalue weighted by molar-refractivity contribution is -0.228. The molecule has 12 nitrogen and oxygen atoms in total. The van der Waals surface area contributed by atoms with E-state index in [4.69, 9.17) is 28.3 Å². The molecule has 256 valence electrons. The highest BCUT2D eigenvalue weighted by Gasteiger charge is 2.50. The van der Waals surface area contributed by atoms with E-state index in [1.807, 2.05) is 6.07 Å². The maximum atomic E-state index is 14.1. The molecule has 1 unspecified atom stereocenters. The molecule has 0 aliphatic carbocycles. The standard InChI is InChI=1S/C35H35F2N5O7/c1-20-35(18-46-19-35)47-12-10-41(20)25-13-22(9-8-21-5-4-11-45-17-21)15-38-33(25)48-23-14-26(34(43)44)42(16-23)32-29-28(39-31(40-32)30(36)37)24-6-2-3-7-27(24)49-29/h2-3,6-7,13,15,20-21,23,26,30H,4-5,10-12,14,16-19H2,1H3,(H,43,44)/t20-,21?,23-,26-/m0/s1. The largest absolute Gasteiger partial charge is 0.480 e. The predicted octanol–water partition coefficient (Wildman–Crippen LogP) is 4.59. The van der Waals surface area contributed by atoms with E-state index in [1.54, 1.807) is 30.5 Å². The molecule has 0 saturated carbocycles. The fourth-order valence-electron chi connectivity index (χ4n) is 7.14. The molecule has 4 saturated heterocycles. The predicted molar refractivity (Wildman–Crippen MR) is 173 cm³/mol. The molecule has 1 spiro atoms. The van der Waals surface area contributed by atoms with Crippen LogP contribution < -0.4 is 14.5 Å². The number of hydrogen-bond donors (Lipinski definition) is 1. The van der Waals surface area contributed by atoms with Gasteiger partial charge in [-0.25, -0.2) is 28.5 Å². The quantitative estimate of drug-likeness (QED) is 0.287. The third kappa shape index (κ3) is 5.79. The van der Waals surface area contributed by atoms with E-state index >= 15 is 0 Å². The lowest BCUT2D eigenvalue weighted by atomic mass is 9.90. The second kappa shape index (κ2) is 12.7. The van der Waals surface area contributed by atoms with Gasteiger partial charge >= 0.3 is 5.97 Å². The first-order valence-electron chi connectivity index (χ1n) is 16.5. The van der Waals surface area contributed by atoms with Gasteiger partial charge in [-0.3, -0.25) is 0 Å². The van der Waals surface area contributed by atoms with E-state index in [0.29, 0.717) is 55.5 Å². The summed E-state index contributed by atoms with van der Waals surface area (Å²) in [5.41, 5.74) is 1.73. The maximum Gasteiger partial charge on any atom is 0.326 e. The number of aliphatic carboxylic acids is 1. The molecule has 0 amide bonds. The van der Waals surface area contributed by atoms with Crippen LogP contribution in [0.4, 0.5) is 20.3 Å². The third-order valence-electron chi connectivity index (χ3n) is 9.88. The number of furan rings is 1. The van der Waals surface area contributed by atoms with Crippen LogP contribution >= 0.6 is 0 Å². The topological polar surface area (TPSA) is 133 Å². The fourth-order valence-corrected chi connectivity index (χ4v) is 7.14. The van der Waals surface area contributed by atoms with Crippen molar-refractivity contribution in [2.45, 2.75) is 56.4 Å². The van der Waals surface area contributed by atoms with Crippen LogP contribution in [0, 0.1) is 17.8 Å². The van der Waals surface area contributed by atoms with Crippen LogP contribution in [0.25, 0.3) is 22.1 Å². The van der Waals surface area contributed by atoms with Crippen molar-refractivity contribution in [1.29, 1.82) is 0 Å². The van der Waals surface area contributed by atoms with Crippen molar-refractivity contribution < 1.29 is 42.0 Å². The summed E-state index contributed by atoms with van der Waals surface area (Å²) in [4.78, 5) is 29.2. The van der Waals surface area contributed by atoms with E-state index in [-0.39, 0.29) is 41.8 Å². The molecule has 4 atom stereocenters. The molecule has 4 fully saturated rings. The van der Waals surface area contributed by atoms with Gasteiger partial charge in [-0.15, -0.1) is 0 Å². The number of nitrogens with zero attached hydrogens (tertiary/aromatic N) is 5. The first kappa shape index (κ1) is 31.7. The van der Waals surface area contributed by atoms with E-state index in [9.17, 15) is 18.7 Å². The van der Waals surface area contributed by atoms with Crippen LogP contribution in [0.2, 0.25) is 0 Å². The van der Waals surface area contributed by atoms with Crippen LogP contribution in [-0.4, -0.2) is 95.9 Å². The molecule has 0 radical (unpaired) electrons. The van der Waals surface area contributed by atoms with Crippen LogP contribution in [0.1, 0.15) is 44.0 Å². The highest BCUT2D eigenvalue weighted by atomic mass is 19.3. The van der Waals surface area contributed by atoms with Crippen molar-refractivity contribution >= 4 is 39.5 Å². The Bertz CT molecular complexity index is 1950. The average Bonchev–Trinajstić information content (AvgIpc) is 3.69. The minimum atomic E-state index is -2.98. The molecule has 4 aliphatic rings. The summed E-state index contributed by atoms with van der Waals surface area (Å²) < 4.78 is 58.0. The zero-order valence-electron chi connectivity index (χ0n) is 26.8. The van der Waals surface area contributed by atoms with E-state index in [1.165, 1.54) is 4.90 Å². The molecule has 8 rings (SSSR count). The minimum absolute atomic E-state index is 0.0192. The third-order valence-corrected chi connectivity index (χ3v) is 9.88. The number of rotatable bonds is 6. The van der Waals surface area contributed by atoms with Gasteiger partial charge in [-0.2, -0.15) is 0 Å². The SMILES string of the molecule is C[C@@H]1N(c2cc(C#CC3CCCOC3)cnc2O[C@H]2C[C@@H](C(=O)O)N(c3nc(C(F)F)nc4c3oc3ccccc34)C2)CCOC12COC2. The monoisotopic (exact) mass is 675 g/mol. The van der Waals surface area contributed by atoms with Gasteiger partial charge in [0, 0.05) is 42.6 Å². The van der Waals surface area contributed by atoms with Crippen molar-refractivity contribution in [3.05, 3.63) is 47.9 Å². The number of morpholine rings is 1. The smallest absolute Gasteiger partial charge is 0.326 e. The fraction of sp³-hybridized carbons (Fsp3) is 0.486. The number of ether oxygens (including phenoxy) is 4. The maximum absolute atomic E-state index is 14.1. The summed E-state index contributed by atoms with van der Waals surface area (Å²) in [5.74, 6) is 5.18. The van der Waals surface area contributed by atoms with Gasteiger partial charge in [0.05, 0.1) is 39.0 Å². The van der Waals surface area contributed by atoms with Crippen molar-refractivity contribution in [1.82, 2.24) is 15.0 Å². The second-order valence-corrected chi connectivity index (χ2v) is 13.0. The number of pyridine rings is 1. The molecule has 14 heteroatoms. The Balaban J connectivity index is 1.14. The number of fused-ring (bicyclic) bond motifs is 3. The number of carboxylic acids is 1. The van der Waals surface area contributed by atoms with Crippen molar-refractivity contribution in [2.75, 3.05) is 55.9 Å². The van der Waals surface area contributed by atoms with Gasteiger partial charge in [0.2, 0.25) is 5.88 Å². The molecule has 4 aromatic rings. The summed E-state index contributed by atoms with van der Waals surface area (Å²) in [6.07, 6.45) is -0.000458. The summed E-state index contributed by atoms with van der Waals surface area (Å²) in [5, 5.41) is 10.8. The molecular weight excluding hydrogens is 640 g/mol. The van der Waals surface area contributed by atoms with E-state index in [0.717, 1.165) is 25.0 Å². The molecule has 4 aliphatic heterocycles. The Morgan fingerprint density at radius 3 is 2.78 bits per heavy atom. The van der Waals surface area contributed by atoms with Crippen LogP contribution in [0.5, 0.6) is 5.88 Å². The van der Waals surface area contributed by atoms with Crippen LogP contribution in [-0.2, 0) is 19.0 Å². The number of halogens is 2. The van der Waals surface area contributed by atoms with Crippen molar-refractivity contribution in [3.8, 4) is 17.7 Å². The van der Waals surface area contributed by atoms with E-state index in [2.05, 4.69) is 33.6 Å². The number of carboxylic acid groups (broad SMARTS) is 1. The molecule has 3 aromatic heterocycles. The first-order valence-corrected chi connectivity index (χ1v) is 16.5. The highest BCUT2D eigenvalue weighted by molar-refractivity contribution is 6.06. The molecular formula is C35H35F2N5O7. The van der Waals surface area contributed by atoms with Crippen molar-refractivity contribution in [2.24, 2.45) is 5.92 Å². The zero-order chi connectivity index (χ0) is 33.7. The summed E-state index contributed by atoms with van der Waals surface area (Å²) in [7, 11) is 0. The zero-order valence-corrected chi connectivity index (χ0v) is 26.8. The van der Waals surface area contributed by atoms with E-state index < -0.39 is 36.0 Å². The second-order valence-electron chi connectivity index (χ2n) is 13.0. The number of aromatic nitrogens is 3. The van der Waals surface area contributed by atoms with Gasteiger partial charge in [-0.1, -0.05) is 24.0 Å². The molecule has 7 heterocycles. The van der Waals surface area contributed by atoms with Gasteiger partial charge in [-0.05, 0) is 38.0 Å². The van der Waals surface area contributed by atoms with Gasteiger partial charge < -0.3 is 38.3 Å². The number of benzene rings is 1. The minimum Gasteiger partial charge on any atom is -0.480 e. The first-order chi connectivity index (χ1) is 23.8. The molecule has 0 bridgehead atoms. The Morgan fingerprint density at radius 2 is 2.02 bits per heavy atom. The number of para-hydroxylation sites is 1. The lowest BCUT2D eigenvalue weighted by Crippen LogP contribution is -2.68. The van der Waals surface area contributed by atoms with Gasteiger partial charge in [0.25, 0.3) is 6.43 Å². The Hall–Kier alpha value is -4.58. The van der Waals surface area contributed by atoms with Crippen LogP contribution in [0.15, 0.2) is 40.9 Å². The average molecular weight is 676 g/mol. The van der Waals surface area contributed by atoms with Crippen molar-refractivity contribution in [3.63, 3.8) is 0 Å². The Morgan fingerprint density at radius 1 is 1.16 bits per heavy atom. The highest BCUT2D eigenvalue weighted by Crippen LogP contribution is 2.41. The molecule has 1 aromatic carbocycles. The van der Waals surface area contributed by atoms with Gasteiger partial charge in [0.1, 0.15) is 34.5 Å². The number of carbonyl (C=O) groups is 1. The number of hydrogen-bond acceptors (Lipinski definition) is 11. The Labute approximate surface area is 280 Å². The lowest BCUT2D eigenvalue weighted by Gasteiger charge is -2.53. The summed E-state index contributed by atoms with van der Waals surface area (Å²) in [6, 6.07) is 7.67. The summed E-state index contributed by atoms with van der Waals surface area (Å²) in [6.45, 7) is 5.47. The van der Waals surface area contributed by atoms with Crippen LogP contribution in [0.3, 0.4) is 0 Å². The number of alkyl halides is 2. The normalized spacial score (nSPS) is 25.1. The summed E-state index contributed by atoms with van der Waals surface area (Å²) >= 11 is 0. The van der Waals surface area contributed by atoms with Gasteiger partial charge in [0.15, 0.2) is 17.2 Å². The Kier molecular flexibility index (Phi) is 8.21.